The summed E-state index contributed by atoms with van der Waals surface area (Å²) < 4.78 is 11.4. The van der Waals surface area contributed by atoms with Gasteiger partial charge in [-0.1, -0.05) is 22.0 Å². The lowest BCUT2D eigenvalue weighted by Crippen LogP contribution is -2.26. The Kier molecular flexibility index (Phi) is 8.00. The van der Waals surface area contributed by atoms with E-state index in [1.165, 1.54) is 0 Å². The SMILES string of the molecule is COCC(O)CCNCCOc1cccc(Br)c1. The summed E-state index contributed by atoms with van der Waals surface area (Å²) in [6.45, 7) is 2.51. The van der Waals surface area contributed by atoms with Crippen molar-refractivity contribution < 1.29 is 14.6 Å². The van der Waals surface area contributed by atoms with Crippen LogP contribution >= 0.6 is 15.9 Å². The van der Waals surface area contributed by atoms with Crippen LogP contribution < -0.4 is 10.1 Å². The standard InChI is InChI=1S/C13H20BrNO3/c1-17-10-12(16)5-6-15-7-8-18-13-4-2-3-11(14)9-13/h2-4,9,12,15-16H,5-8,10H2,1H3. The van der Waals surface area contributed by atoms with Crippen molar-refractivity contribution in [3.05, 3.63) is 28.7 Å². The Hall–Kier alpha value is -0.620. The summed E-state index contributed by atoms with van der Waals surface area (Å²) in [4.78, 5) is 0. The second-order valence-electron chi connectivity index (χ2n) is 3.95. The minimum atomic E-state index is -0.395. The third-order valence-corrected chi connectivity index (χ3v) is 2.85. The predicted octanol–water partition coefficient (Wildman–Crippen LogP) is 1.81. The summed E-state index contributed by atoms with van der Waals surface area (Å²) in [6.07, 6.45) is 0.290. The molecule has 0 aliphatic heterocycles. The molecule has 2 N–H and O–H groups in total. The Morgan fingerprint density at radius 1 is 1.39 bits per heavy atom. The molecule has 1 unspecified atom stereocenters. The van der Waals surface area contributed by atoms with Gasteiger partial charge in [0.2, 0.25) is 0 Å². The van der Waals surface area contributed by atoms with Gasteiger partial charge in [-0.05, 0) is 31.2 Å². The van der Waals surface area contributed by atoms with Crippen LogP contribution in [0.15, 0.2) is 28.7 Å². The molecule has 1 rings (SSSR count). The van der Waals surface area contributed by atoms with Gasteiger partial charge in [0.1, 0.15) is 12.4 Å². The minimum absolute atomic E-state index is 0.385. The third kappa shape index (κ3) is 6.96. The quantitative estimate of drug-likeness (QED) is 0.682. The minimum Gasteiger partial charge on any atom is -0.492 e. The molecular formula is C13H20BrNO3. The Morgan fingerprint density at radius 2 is 2.22 bits per heavy atom. The van der Waals surface area contributed by atoms with Gasteiger partial charge in [-0.3, -0.25) is 0 Å². The van der Waals surface area contributed by atoms with Gasteiger partial charge in [-0.2, -0.15) is 0 Å². The smallest absolute Gasteiger partial charge is 0.120 e. The van der Waals surface area contributed by atoms with Crippen LogP contribution in [0, 0.1) is 0 Å². The Morgan fingerprint density at radius 3 is 2.94 bits per heavy atom. The lowest BCUT2D eigenvalue weighted by atomic mass is 10.3. The van der Waals surface area contributed by atoms with Gasteiger partial charge < -0.3 is 19.9 Å². The topological polar surface area (TPSA) is 50.7 Å². The number of halogens is 1. The summed E-state index contributed by atoms with van der Waals surface area (Å²) in [5, 5.41) is 12.6. The summed E-state index contributed by atoms with van der Waals surface area (Å²) >= 11 is 3.39. The van der Waals surface area contributed by atoms with Gasteiger partial charge in [0.05, 0.1) is 12.7 Å². The van der Waals surface area contributed by atoms with E-state index in [4.69, 9.17) is 9.47 Å². The van der Waals surface area contributed by atoms with E-state index in [9.17, 15) is 5.11 Å². The highest BCUT2D eigenvalue weighted by molar-refractivity contribution is 9.10. The van der Waals surface area contributed by atoms with Crippen LogP contribution in [0.2, 0.25) is 0 Å². The first-order valence-corrected chi connectivity index (χ1v) is 6.77. The van der Waals surface area contributed by atoms with Crippen molar-refractivity contribution in [2.45, 2.75) is 12.5 Å². The molecule has 0 spiro atoms. The summed E-state index contributed by atoms with van der Waals surface area (Å²) in [5.41, 5.74) is 0. The molecule has 0 fully saturated rings. The van der Waals surface area contributed by atoms with Crippen LogP contribution in [0.1, 0.15) is 6.42 Å². The van der Waals surface area contributed by atoms with E-state index in [1.54, 1.807) is 7.11 Å². The molecule has 0 amide bonds. The normalized spacial score (nSPS) is 12.4. The van der Waals surface area contributed by atoms with Crippen LogP contribution in [-0.4, -0.2) is 44.6 Å². The molecule has 102 valence electrons. The molecule has 1 aromatic rings. The highest BCUT2D eigenvalue weighted by atomic mass is 79.9. The van der Waals surface area contributed by atoms with E-state index in [-0.39, 0.29) is 0 Å². The molecule has 0 heterocycles. The number of ether oxygens (including phenoxy) is 2. The first kappa shape index (κ1) is 15.4. The van der Waals surface area contributed by atoms with Gasteiger partial charge in [0.15, 0.2) is 0 Å². The van der Waals surface area contributed by atoms with Gasteiger partial charge in [0.25, 0.3) is 0 Å². The molecule has 0 aliphatic carbocycles. The molecule has 0 aromatic heterocycles. The molecule has 4 nitrogen and oxygen atoms in total. The highest BCUT2D eigenvalue weighted by Gasteiger charge is 2.01. The fourth-order valence-corrected chi connectivity index (χ4v) is 1.85. The average molecular weight is 318 g/mol. The monoisotopic (exact) mass is 317 g/mol. The van der Waals surface area contributed by atoms with E-state index in [2.05, 4.69) is 21.2 Å². The van der Waals surface area contributed by atoms with Crippen molar-refractivity contribution in [1.29, 1.82) is 0 Å². The number of aliphatic hydroxyl groups is 1. The Bertz CT molecular complexity index is 336. The second-order valence-corrected chi connectivity index (χ2v) is 4.87. The lowest BCUT2D eigenvalue weighted by molar-refractivity contribution is 0.0593. The molecule has 0 radical (unpaired) electrons. The maximum Gasteiger partial charge on any atom is 0.120 e. The number of benzene rings is 1. The van der Waals surface area contributed by atoms with Crippen molar-refractivity contribution in [2.24, 2.45) is 0 Å². The molecule has 1 aromatic carbocycles. The number of aliphatic hydroxyl groups excluding tert-OH is 1. The van der Waals surface area contributed by atoms with E-state index >= 15 is 0 Å². The van der Waals surface area contributed by atoms with Gasteiger partial charge in [0, 0.05) is 18.1 Å². The van der Waals surface area contributed by atoms with Crippen LogP contribution in [-0.2, 0) is 4.74 Å². The lowest BCUT2D eigenvalue weighted by Gasteiger charge is -2.10. The maximum absolute atomic E-state index is 9.41. The number of rotatable bonds is 9. The van der Waals surface area contributed by atoms with Crippen molar-refractivity contribution in [3.63, 3.8) is 0 Å². The first-order valence-electron chi connectivity index (χ1n) is 5.98. The maximum atomic E-state index is 9.41. The fourth-order valence-electron chi connectivity index (χ4n) is 1.47. The molecule has 1 atom stereocenters. The van der Waals surface area contributed by atoms with Crippen LogP contribution in [0.5, 0.6) is 5.75 Å². The zero-order valence-corrected chi connectivity index (χ0v) is 12.1. The molecule has 0 aliphatic rings. The van der Waals surface area contributed by atoms with Crippen molar-refractivity contribution in [2.75, 3.05) is 33.4 Å². The molecule has 0 saturated carbocycles. The molecule has 0 bridgehead atoms. The van der Waals surface area contributed by atoms with Crippen molar-refractivity contribution in [1.82, 2.24) is 5.32 Å². The third-order valence-electron chi connectivity index (χ3n) is 2.36. The van der Waals surface area contributed by atoms with Gasteiger partial charge in [-0.15, -0.1) is 0 Å². The zero-order chi connectivity index (χ0) is 13.2. The van der Waals surface area contributed by atoms with E-state index in [1.807, 2.05) is 24.3 Å². The molecule has 5 heteroatoms. The van der Waals surface area contributed by atoms with Crippen molar-refractivity contribution >= 4 is 15.9 Å². The fraction of sp³-hybridized carbons (Fsp3) is 0.538. The van der Waals surface area contributed by atoms with Gasteiger partial charge in [-0.25, -0.2) is 0 Å². The zero-order valence-electron chi connectivity index (χ0n) is 10.6. The highest BCUT2D eigenvalue weighted by Crippen LogP contribution is 2.17. The number of hydrogen-bond acceptors (Lipinski definition) is 4. The number of nitrogens with one attached hydrogen (secondary N) is 1. The molecule has 0 saturated heterocycles. The van der Waals surface area contributed by atoms with E-state index in [0.29, 0.717) is 19.6 Å². The average Bonchev–Trinajstić information content (AvgIpc) is 2.34. The Balaban J connectivity index is 2.02. The number of methoxy groups -OCH3 is 1. The number of hydrogen-bond donors (Lipinski definition) is 2. The predicted molar refractivity (Wildman–Crippen MR) is 75.0 cm³/mol. The second kappa shape index (κ2) is 9.33. The van der Waals surface area contributed by atoms with E-state index in [0.717, 1.165) is 23.3 Å². The van der Waals surface area contributed by atoms with Crippen LogP contribution in [0.3, 0.4) is 0 Å². The van der Waals surface area contributed by atoms with Gasteiger partial charge >= 0.3 is 0 Å². The van der Waals surface area contributed by atoms with Crippen LogP contribution in [0.25, 0.3) is 0 Å². The molecular weight excluding hydrogens is 298 g/mol. The van der Waals surface area contributed by atoms with Crippen molar-refractivity contribution in [3.8, 4) is 5.75 Å². The molecule has 18 heavy (non-hydrogen) atoms. The van der Waals surface area contributed by atoms with E-state index < -0.39 is 6.10 Å². The largest absolute Gasteiger partial charge is 0.492 e. The summed E-state index contributed by atoms with van der Waals surface area (Å²) in [7, 11) is 1.59. The summed E-state index contributed by atoms with van der Waals surface area (Å²) in [5.74, 6) is 0.852. The Labute approximate surface area is 116 Å². The first-order chi connectivity index (χ1) is 8.72. The summed E-state index contributed by atoms with van der Waals surface area (Å²) in [6, 6.07) is 7.76. The van der Waals surface area contributed by atoms with Crippen LogP contribution in [0.4, 0.5) is 0 Å².